The van der Waals surface area contributed by atoms with Crippen molar-refractivity contribution < 1.29 is 18.7 Å². The lowest BCUT2D eigenvalue weighted by molar-refractivity contribution is -0.126. The van der Waals surface area contributed by atoms with Gasteiger partial charge in [-0.25, -0.2) is 9.37 Å². The summed E-state index contributed by atoms with van der Waals surface area (Å²) in [5.41, 5.74) is 2.11. The topological polar surface area (TPSA) is 97.4 Å². The molecule has 3 N–H and O–H groups in total. The Bertz CT molecular complexity index is 1140. The average Bonchev–Trinajstić information content (AvgIpc) is 3.19. The second-order valence-corrected chi connectivity index (χ2v) is 7.14. The fourth-order valence-electron chi connectivity index (χ4n) is 3.16. The second-order valence-electron chi connectivity index (χ2n) is 6.74. The molecule has 1 aliphatic heterocycles. The van der Waals surface area contributed by atoms with Crippen LogP contribution in [0.3, 0.4) is 0 Å². The van der Waals surface area contributed by atoms with Crippen molar-refractivity contribution in [2.24, 2.45) is 0 Å². The number of nitrogens with zero attached hydrogens (tertiary/aromatic N) is 2. The molecule has 0 saturated carbocycles. The molecule has 4 rings (SSSR count). The number of anilines is 4. The summed E-state index contributed by atoms with van der Waals surface area (Å²) in [7, 11) is 3.08. The Morgan fingerprint density at radius 1 is 1.23 bits per heavy atom. The van der Waals surface area contributed by atoms with Crippen LogP contribution in [0.4, 0.5) is 27.5 Å². The molecule has 31 heavy (non-hydrogen) atoms. The maximum absolute atomic E-state index is 14.2. The first kappa shape index (κ1) is 20.7. The molecule has 0 aliphatic carbocycles. The number of ether oxygens (including phenoxy) is 2. The molecule has 0 radical (unpaired) electrons. The predicted octanol–water partition coefficient (Wildman–Crippen LogP) is 3.81. The van der Waals surface area contributed by atoms with Crippen molar-refractivity contribution in [3.63, 3.8) is 0 Å². The molecule has 0 bridgehead atoms. The molecule has 2 aromatic carbocycles. The van der Waals surface area contributed by atoms with Crippen molar-refractivity contribution in [1.82, 2.24) is 15.3 Å². The number of rotatable bonds is 6. The molecule has 8 nitrogen and oxygen atoms in total. The first-order valence-electron chi connectivity index (χ1n) is 9.38. The van der Waals surface area contributed by atoms with E-state index >= 15 is 0 Å². The first-order chi connectivity index (χ1) is 15.0. The van der Waals surface area contributed by atoms with Crippen LogP contribution in [0.25, 0.3) is 0 Å². The zero-order valence-corrected chi connectivity index (χ0v) is 17.5. The van der Waals surface area contributed by atoms with Crippen molar-refractivity contribution in [1.29, 1.82) is 0 Å². The number of aromatic nitrogens is 2. The van der Waals surface area contributed by atoms with E-state index in [0.29, 0.717) is 34.3 Å². The quantitative estimate of drug-likeness (QED) is 0.533. The van der Waals surface area contributed by atoms with E-state index < -0.39 is 11.9 Å². The van der Waals surface area contributed by atoms with E-state index in [1.54, 1.807) is 37.4 Å². The zero-order chi connectivity index (χ0) is 22.0. The van der Waals surface area contributed by atoms with Crippen LogP contribution in [0.15, 0.2) is 42.6 Å². The van der Waals surface area contributed by atoms with E-state index in [-0.39, 0.29) is 17.7 Å². The Kier molecular flexibility index (Phi) is 5.77. The number of likely N-dealkylation sites (N-methyl/N-ethyl adjacent to an activating group) is 1. The highest BCUT2D eigenvalue weighted by Gasteiger charge is 2.28. The molecule has 0 spiro atoms. The molecule has 0 fully saturated rings. The van der Waals surface area contributed by atoms with Gasteiger partial charge in [-0.3, -0.25) is 4.79 Å². The lowest BCUT2D eigenvalue weighted by atomic mass is 10.1. The third kappa shape index (κ3) is 4.46. The van der Waals surface area contributed by atoms with Gasteiger partial charge in [0.05, 0.1) is 18.3 Å². The van der Waals surface area contributed by atoms with E-state index in [2.05, 4.69) is 25.9 Å². The normalized spacial score (nSPS) is 14.4. The Morgan fingerprint density at radius 3 is 2.74 bits per heavy atom. The van der Waals surface area contributed by atoms with Gasteiger partial charge in [0.1, 0.15) is 11.5 Å². The van der Waals surface area contributed by atoms with Crippen molar-refractivity contribution in [2.75, 3.05) is 24.8 Å². The average molecular weight is 444 g/mol. The van der Waals surface area contributed by atoms with Gasteiger partial charge in [0.15, 0.2) is 17.7 Å². The summed E-state index contributed by atoms with van der Waals surface area (Å²) in [6, 6.07) is 10.4. The number of halogens is 2. The minimum absolute atomic E-state index is 0.0112. The molecule has 1 aliphatic rings. The summed E-state index contributed by atoms with van der Waals surface area (Å²) in [6.07, 6.45) is 0.977. The lowest BCUT2D eigenvalue weighted by Gasteiger charge is -2.11. The van der Waals surface area contributed by atoms with Gasteiger partial charge in [0.25, 0.3) is 5.91 Å². The smallest absolute Gasteiger partial charge is 0.261 e. The summed E-state index contributed by atoms with van der Waals surface area (Å²) in [4.78, 5) is 20.0. The van der Waals surface area contributed by atoms with Crippen LogP contribution in [-0.2, 0) is 11.2 Å². The highest BCUT2D eigenvalue weighted by Crippen LogP contribution is 2.32. The number of benzene rings is 2. The molecule has 1 aromatic heterocycles. The molecule has 0 saturated heterocycles. The van der Waals surface area contributed by atoms with Crippen LogP contribution in [0.1, 0.15) is 5.56 Å². The Balaban J connectivity index is 1.51. The summed E-state index contributed by atoms with van der Waals surface area (Å²) >= 11 is 6.12. The summed E-state index contributed by atoms with van der Waals surface area (Å²) < 4.78 is 25.0. The Morgan fingerprint density at radius 2 is 2.00 bits per heavy atom. The summed E-state index contributed by atoms with van der Waals surface area (Å²) in [6.45, 7) is 0. The number of fused-ring (bicyclic) bond motifs is 1. The van der Waals surface area contributed by atoms with Crippen molar-refractivity contribution >= 4 is 40.6 Å². The number of carbonyl (C=O) groups is 1. The lowest BCUT2D eigenvalue weighted by Crippen LogP contribution is -2.34. The maximum atomic E-state index is 14.2. The molecule has 1 atom stereocenters. The molecule has 2 heterocycles. The number of nitrogens with one attached hydrogen (secondary N) is 3. The fraction of sp³-hybridized carbons (Fsp3) is 0.190. The van der Waals surface area contributed by atoms with Crippen molar-refractivity contribution in [3.8, 4) is 11.5 Å². The van der Waals surface area contributed by atoms with Gasteiger partial charge in [0.2, 0.25) is 5.95 Å². The van der Waals surface area contributed by atoms with E-state index in [1.165, 1.54) is 7.11 Å². The molecule has 3 aromatic rings. The van der Waals surface area contributed by atoms with Crippen LogP contribution in [-0.4, -0.2) is 36.1 Å². The third-order valence-electron chi connectivity index (χ3n) is 4.69. The number of amides is 1. The number of hydrogen-bond donors (Lipinski definition) is 3. The highest BCUT2D eigenvalue weighted by molar-refractivity contribution is 6.32. The number of carbonyl (C=O) groups excluding carboxylic acids is 1. The van der Waals surface area contributed by atoms with Crippen LogP contribution in [0.2, 0.25) is 5.02 Å². The molecule has 1 amide bonds. The molecular weight excluding hydrogens is 425 g/mol. The van der Waals surface area contributed by atoms with E-state index in [9.17, 15) is 9.18 Å². The van der Waals surface area contributed by atoms with E-state index in [4.69, 9.17) is 21.1 Å². The molecule has 1 unspecified atom stereocenters. The maximum Gasteiger partial charge on any atom is 0.261 e. The first-order valence-corrected chi connectivity index (χ1v) is 9.76. The van der Waals surface area contributed by atoms with Crippen LogP contribution in [0, 0.1) is 5.82 Å². The van der Waals surface area contributed by atoms with Gasteiger partial charge in [-0.15, -0.1) is 0 Å². The second kappa shape index (κ2) is 8.65. The van der Waals surface area contributed by atoms with Crippen molar-refractivity contribution in [2.45, 2.75) is 12.5 Å². The monoisotopic (exact) mass is 443 g/mol. The van der Waals surface area contributed by atoms with Gasteiger partial charge in [0, 0.05) is 30.4 Å². The SMILES string of the molecule is CNC(=O)C1Cc2cc(Nc3ncc(F)c(Nc4ccc(OC)c(Cl)c4)n3)ccc2O1. The number of methoxy groups -OCH3 is 1. The van der Waals surface area contributed by atoms with E-state index in [0.717, 1.165) is 11.8 Å². The van der Waals surface area contributed by atoms with Crippen molar-refractivity contribution in [3.05, 3.63) is 59.0 Å². The minimum Gasteiger partial charge on any atom is -0.495 e. The van der Waals surface area contributed by atoms with Gasteiger partial charge in [-0.05, 0) is 36.4 Å². The van der Waals surface area contributed by atoms with Gasteiger partial charge in [-0.1, -0.05) is 11.6 Å². The minimum atomic E-state index is -0.617. The highest BCUT2D eigenvalue weighted by atomic mass is 35.5. The fourth-order valence-corrected chi connectivity index (χ4v) is 3.42. The zero-order valence-electron chi connectivity index (χ0n) is 16.7. The largest absolute Gasteiger partial charge is 0.495 e. The van der Waals surface area contributed by atoms with Crippen LogP contribution in [0.5, 0.6) is 11.5 Å². The summed E-state index contributed by atoms with van der Waals surface area (Å²) in [5.74, 6) is 0.554. The Hall–Kier alpha value is -3.59. The van der Waals surface area contributed by atoms with Gasteiger partial charge < -0.3 is 25.4 Å². The molecule has 160 valence electrons. The van der Waals surface area contributed by atoms with Gasteiger partial charge >= 0.3 is 0 Å². The third-order valence-corrected chi connectivity index (χ3v) is 4.98. The van der Waals surface area contributed by atoms with E-state index in [1.807, 2.05) is 6.07 Å². The summed E-state index contributed by atoms with van der Waals surface area (Å²) in [5, 5.41) is 8.90. The van der Waals surface area contributed by atoms with Crippen LogP contribution >= 0.6 is 11.6 Å². The molecular formula is C21H19ClFN5O3. The Labute approximate surface area is 182 Å². The van der Waals surface area contributed by atoms with Gasteiger partial charge in [-0.2, -0.15) is 4.98 Å². The molecule has 10 heteroatoms. The number of hydrogen-bond acceptors (Lipinski definition) is 7. The standard InChI is InChI=1S/C21H19ClFN5O3/c1-24-20(29)18-8-11-7-12(3-5-16(11)31-18)27-21-25-10-15(23)19(28-21)26-13-4-6-17(30-2)14(22)9-13/h3-7,9-10,18H,8H2,1-2H3,(H,24,29)(H2,25,26,27,28). The van der Waals surface area contributed by atoms with Crippen LogP contribution < -0.4 is 25.4 Å². The predicted molar refractivity (Wildman–Crippen MR) is 115 cm³/mol.